The summed E-state index contributed by atoms with van der Waals surface area (Å²) in [4.78, 5) is 0. The van der Waals surface area contributed by atoms with E-state index in [0.717, 1.165) is 10.9 Å². The van der Waals surface area contributed by atoms with Crippen molar-refractivity contribution in [2.45, 2.75) is 12.3 Å². The summed E-state index contributed by atoms with van der Waals surface area (Å²) >= 11 is 9.70. The molecule has 0 aliphatic rings. The molecular formula is C15H14BrCl. The Balaban J connectivity index is 2.21. The third-order valence-corrected chi connectivity index (χ3v) is 3.95. The summed E-state index contributed by atoms with van der Waals surface area (Å²) in [6, 6.07) is 18.8. The Hall–Kier alpha value is -0.790. The SMILES string of the molecule is ClCC(Cc1ccccc1)c1ccccc1Br. The largest absolute Gasteiger partial charge is 0.126 e. The van der Waals surface area contributed by atoms with Crippen molar-refractivity contribution < 1.29 is 0 Å². The van der Waals surface area contributed by atoms with Gasteiger partial charge in [0.05, 0.1) is 0 Å². The number of hydrogen-bond acceptors (Lipinski definition) is 0. The minimum atomic E-state index is 0.356. The number of hydrogen-bond donors (Lipinski definition) is 0. The lowest BCUT2D eigenvalue weighted by atomic mass is 9.94. The molecule has 0 radical (unpaired) electrons. The Morgan fingerprint density at radius 3 is 2.24 bits per heavy atom. The molecular weight excluding hydrogens is 296 g/mol. The van der Waals surface area contributed by atoms with Crippen LogP contribution in [0.5, 0.6) is 0 Å². The van der Waals surface area contributed by atoms with Crippen molar-refractivity contribution in [2.75, 3.05) is 5.88 Å². The second-order valence-corrected chi connectivity index (χ2v) is 5.23. The fraction of sp³-hybridized carbons (Fsp3) is 0.200. The molecule has 0 aliphatic carbocycles. The predicted octanol–water partition coefficient (Wildman–Crippen LogP) is 5.01. The molecule has 0 saturated carbocycles. The van der Waals surface area contributed by atoms with Crippen molar-refractivity contribution in [3.05, 3.63) is 70.2 Å². The van der Waals surface area contributed by atoms with Crippen molar-refractivity contribution in [3.8, 4) is 0 Å². The zero-order chi connectivity index (χ0) is 12.1. The molecule has 1 unspecified atom stereocenters. The van der Waals surface area contributed by atoms with Crippen molar-refractivity contribution in [1.29, 1.82) is 0 Å². The molecule has 0 aromatic heterocycles. The minimum absolute atomic E-state index is 0.356. The van der Waals surface area contributed by atoms with Crippen LogP contribution in [0.4, 0.5) is 0 Å². The van der Waals surface area contributed by atoms with E-state index >= 15 is 0 Å². The van der Waals surface area contributed by atoms with Crippen LogP contribution in [0.2, 0.25) is 0 Å². The van der Waals surface area contributed by atoms with Crippen LogP contribution in [0.15, 0.2) is 59.1 Å². The first kappa shape index (κ1) is 12.7. The number of halogens is 2. The van der Waals surface area contributed by atoms with Gasteiger partial charge in [0, 0.05) is 16.3 Å². The average Bonchev–Trinajstić information content (AvgIpc) is 2.38. The molecule has 17 heavy (non-hydrogen) atoms. The van der Waals surface area contributed by atoms with Gasteiger partial charge >= 0.3 is 0 Å². The molecule has 88 valence electrons. The van der Waals surface area contributed by atoms with E-state index in [9.17, 15) is 0 Å². The molecule has 0 N–H and O–H groups in total. The molecule has 1 atom stereocenters. The second-order valence-electron chi connectivity index (χ2n) is 4.06. The highest BCUT2D eigenvalue weighted by molar-refractivity contribution is 9.10. The van der Waals surface area contributed by atoms with Crippen LogP contribution in [0, 0.1) is 0 Å². The second kappa shape index (κ2) is 6.23. The monoisotopic (exact) mass is 308 g/mol. The molecule has 0 spiro atoms. The van der Waals surface area contributed by atoms with Gasteiger partial charge in [-0.05, 0) is 23.6 Å². The molecule has 0 heterocycles. The lowest BCUT2D eigenvalue weighted by molar-refractivity contribution is 0.762. The van der Waals surface area contributed by atoms with Gasteiger partial charge in [-0.15, -0.1) is 11.6 Å². The Morgan fingerprint density at radius 2 is 1.59 bits per heavy atom. The van der Waals surface area contributed by atoms with Gasteiger partial charge in [-0.2, -0.15) is 0 Å². The van der Waals surface area contributed by atoms with Gasteiger partial charge in [-0.3, -0.25) is 0 Å². The molecule has 0 aliphatic heterocycles. The summed E-state index contributed by atoms with van der Waals surface area (Å²) in [6.45, 7) is 0. The molecule has 0 amide bonds. The van der Waals surface area contributed by atoms with Crippen LogP contribution in [0.3, 0.4) is 0 Å². The Bertz CT molecular complexity index is 467. The summed E-state index contributed by atoms with van der Waals surface area (Å²) < 4.78 is 1.14. The maximum Gasteiger partial charge on any atom is 0.0295 e. The van der Waals surface area contributed by atoms with Crippen molar-refractivity contribution in [3.63, 3.8) is 0 Å². The van der Waals surface area contributed by atoms with Gasteiger partial charge in [0.1, 0.15) is 0 Å². The number of rotatable bonds is 4. The quantitative estimate of drug-likeness (QED) is 0.696. The third kappa shape index (κ3) is 3.34. The van der Waals surface area contributed by atoms with E-state index in [4.69, 9.17) is 11.6 Å². The molecule has 2 aromatic rings. The Labute approximate surface area is 116 Å². The van der Waals surface area contributed by atoms with Crippen LogP contribution in [0.25, 0.3) is 0 Å². The minimum Gasteiger partial charge on any atom is -0.126 e. The van der Waals surface area contributed by atoms with E-state index < -0.39 is 0 Å². The Kier molecular flexibility index (Phi) is 4.64. The highest BCUT2D eigenvalue weighted by Gasteiger charge is 2.13. The van der Waals surface area contributed by atoms with E-state index in [1.54, 1.807) is 0 Å². The van der Waals surface area contributed by atoms with Crippen LogP contribution in [0.1, 0.15) is 17.0 Å². The van der Waals surface area contributed by atoms with Gasteiger partial charge in [-0.25, -0.2) is 0 Å². The van der Waals surface area contributed by atoms with E-state index in [1.807, 2.05) is 12.1 Å². The lowest BCUT2D eigenvalue weighted by Crippen LogP contribution is -2.05. The van der Waals surface area contributed by atoms with Crippen LogP contribution < -0.4 is 0 Å². The zero-order valence-electron chi connectivity index (χ0n) is 9.44. The molecule has 2 aromatic carbocycles. The third-order valence-electron chi connectivity index (χ3n) is 2.86. The zero-order valence-corrected chi connectivity index (χ0v) is 11.8. The van der Waals surface area contributed by atoms with E-state index in [1.165, 1.54) is 11.1 Å². The fourth-order valence-electron chi connectivity index (χ4n) is 1.95. The van der Waals surface area contributed by atoms with Crippen molar-refractivity contribution in [1.82, 2.24) is 0 Å². The van der Waals surface area contributed by atoms with Gasteiger partial charge in [0.15, 0.2) is 0 Å². The molecule has 0 saturated heterocycles. The standard InChI is InChI=1S/C15H14BrCl/c16-15-9-5-4-8-14(15)13(11-17)10-12-6-2-1-3-7-12/h1-9,13H,10-11H2. The average molecular weight is 310 g/mol. The van der Waals surface area contributed by atoms with Gasteiger partial charge in [0.2, 0.25) is 0 Å². The summed E-state index contributed by atoms with van der Waals surface area (Å²) in [5, 5.41) is 0. The fourth-order valence-corrected chi connectivity index (χ4v) is 2.84. The van der Waals surface area contributed by atoms with Crippen LogP contribution in [-0.4, -0.2) is 5.88 Å². The van der Waals surface area contributed by atoms with E-state index in [0.29, 0.717) is 11.8 Å². The van der Waals surface area contributed by atoms with Crippen LogP contribution in [-0.2, 0) is 6.42 Å². The van der Waals surface area contributed by atoms with Gasteiger partial charge in [-0.1, -0.05) is 64.5 Å². The van der Waals surface area contributed by atoms with Crippen molar-refractivity contribution >= 4 is 27.5 Å². The summed E-state index contributed by atoms with van der Waals surface area (Å²) in [5.41, 5.74) is 2.61. The normalized spacial score (nSPS) is 12.4. The van der Waals surface area contributed by atoms with Gasteiger partial charge < -0.3 is 0 Å². The van der Waals surface area contributed by atoms with Gasteiger partial charge in [0.25, 0.3) is 0 Å². The smallest absolute Gasteiger partial charge is 0.0295 e. The molecule has 0 nitrogen and oxygen atoms in total. The van der Waals surface area contributed by atoms with E-state index in [2.05, 4.69) is 58.4 Å². The predicted molar refractivity (Wildman–Crippen MR) is 77.7 cm³/mol. The highest BCUT2D eigenvalue weighted by Crippen LogP contribution is 2.28. The Morgan fingerprint density at radius 1 is 0.941 bits per heavy atom. The molecule has 2 heteroatoms. The van der Waals surface area contributed by atoms with Crippen LogP contribution >= 0.6 is 27.5 Å². The maximum absolute atomic E-state index is 6.10. The topological polar surface area (TPSA) is 0 Å². The maximum atomic E-state index is 6.10. The molecule has 0 fully saturated rings. The first-order chi connectivity index (χ1) is 8.31. The number of alkyl halides is 1. The summed E-state index contributed by atoms with van der Waals surface area (Å²) in [7, 11) is 0. The molecule has 0 bridgehead atoms. The summed E-state index contributed by atoms with van der Waals surface area (Å²) in [6.07, 6.45) is 0.979. The summed E-state index contributed by atoms with van der Waals surface area (Å²) in [5.74, 6) is 0.993. The van der Waals surface area contributed by atoms with Crippen molar-refractivity contribution in [2.24, 2.45) is 0 Å². The molecule has 2 rings (SSSR count). The van der Waals surface area contributed by atoms with E-state index in [-0.39, 0.29) is 0 Å². The lowest BCUT2D eigenvalue weighted by Gasteiger charge is -2.16. The highest BCUT2D eigenvalue weighted by atomic mass is 79.9. The number of benzene rings is 2. The first-order valence-corrected chi connectivity index (χ1v) is 6.98. The first-order valence-electron chi connectivity index (χ1n) is 5.65.